The van der Waals surface area contributed by atoms with Crippen LogP contribution in [-0.4, -0.2) is 78.5 Å². The molecule has 0 aliphatic rings. The average molecular weight is 410 g/mol. The first kappa shape index (κ1) is 28.8. The quantitative estimate of drug-likeness (QED) is 0.199. The van der Waals surface area contributed by atoms with Crippen LogP contribution in [0.2, 0.25) is 0 Å². The lowest BCUT2D eigenvalue weighted by molar-refractivity contribution is -0.167. The van der Waals surface area contributed by atoms with E-state index in [1.807, 2.05) is 0 Å². The molecule has 1 unspecified atom stereocenters. The molecule has 0 aromatic carbocycles. The Hall–Kier alpha value is -3.97. The van der Waals surface area contributed by atoms with Crippen LogP contribution in [0.5, 0.6) is 0 Å². The van der Waals surface area contributed by atoms with E-state index in [2.05, 4.69) is 4.74 Å². The van der Waals surface area contributed by atoms with Gasteiger partial charge in [-0.1, -0.05) is 0 Å². The van der Waals surface area contributed by atoms with E-state index in [1.165, 1.54) is 0 Å². The Kier molecular flexibility index (Phi) is 17.0. The van der Waals surface area contributed by atoms with Gasteiger partial charge in [-0.15, -0.1) is 0 Å². The molecule has 14 nitrogen and oxygen atoms in total. The summed E-state index contributed by atoms with van der Waals surface area (Å²) in [5.41, 5.74) is 0. The molecular weight excluding hydrogens is 392 g/mol. The Balaban J connectivity index is -0.000000431. The molecular formula is C14H18O14. The fraction of sp³-hybridized carbons (Fsp3) is 0.357. The SMILES string of the molecule is CC(=O)O.O=C(O)/C=C/C(=O)O.O=C(O)CCC(=O)OC(CC(=O)O)C(=O)O. The first-order valence-electron chi connectivity index (χ1n) is 6.88. The van der Waals surface area contributed by atoms with Crippen molar-refractivity contribution in [3.05, 3.63) is 12.2 Å². The standard InChI is InChI=1S/C8H10O8.C4H4O4.C2H4O2/c9-5(10)1-2-7(13)16-4(8(14)15)3-6(11)12;5-3(6)1-2-4(7)8;1-2(3)4/h4H,1-3H2,(H,9,10)(H,11,12)(H,14,15);1-2H,(H,5,6)(H,7,8);1H3,(H,3,4)/b;2-1+;. The van der Waals surface area contributed by atoms with Gasteiger partial charge in [-0.05, 0) is 0 Å². The molecule has 14 heteroatoms. The minimum Gasteiger partial charge on any atom is -0.481 e. The number of esters is 1. The summed E-state index contributed by atoms with van der Waals surface area (Å²) in [6.07, 6.45) is -2.55. The van der Waals surface area contributed by atoms with Gasteiger partial charge in [0.05, 0.1) is 19.3 Å². The Labute approximate surface area is 156 Å². The first-order chi connectivity index (χ1) is 12.7. The third-order valence-electron chi connectivity index (χ3n) is 1.82. The fourth-order valence-corrected chi connectivity index (χ4v) is 0.907. The van der Waals surface area contributed by atoms with E-state index in [0.29, 0.717) is 12.2 Å². The molecule has 0 radical (unpaired) electrons. The first-order valence-corrected chi connectivity index (χ1v) is 6.88. The number of ether oxygens (including phenoxy) is 1. The summed E-state index contributed by atoms with van der Waals surface area (Å²) < 4.78 is 4.29. The molecule has 0 saturated carbocycles. The second-order valence-electron chi connectivity index (χ2n) is 4.34. The third-order valence-corrected chi connectivity index (χ3v) is 1.82. The number of aliphatic carboxylic acids is 6. The minimum atomic E-state index is -1.79. The zero-order valence-electron chi connectivity index (χ0n) is 14.3. The summed E-state index contributed by atoms with van der Waals surface area (Å²) in [6.45, 7) is 1.08. The zero-order chi connectivity index (χ0) is 22.9. The number of hydrogen-bond donors (Lipinski definition) is 6. The number of carbonyl (C=O) groups excluding carboxylic acids is 1. The molecule has 0 aliphatic carbocycles. The normalized spacial score (nSPS) is 10.2. The van der Waals surface area contributed by atoms with Crippen molar-refractivity contribution in [2.24, 2.45) is 0 Å². The molecule has 28 heavy (non-hydrogen) atoms. The summed E-state index contributed by atoms with van der Waals surface area (Å²) in [5.74, 6) is -8.66. The van der Waals surface area contributed by atoms with Crippen molar-refractivity contribution >= 4 is 41.8 Å². The Morgan fingerprint density at radius 3 is 1.39 bits per heavy atom. The number of carbonyl (C=O) groups is 7. The summed E-state index contributed by atoms with van der Waals surface area (Å²) in [5, 5.41) is 48.1. The lowest BCUT2D eigenvalue weighted by Gasteiger charge is -2.10. The molecule has 158 valence electrons. The van der Waals surface area contributed by atoms with Gasteiger partial charge in [0.25, 0.3) is 5.97 Å². The van der Waals surface area contributed by atoms with Gasteiger partial charge >= 0.3 is 35.8 Å². The zero-order valence-corrected chi connectivity index (χ0v) is 14.3. The van der Waals surface area contributed by atoms with Crippen molar-refractivity contribution < 1.29 is 68.9 Å². The summed E-state index contributed by atoms with van der Waals surface area (Å²) in [6, 6.07) is 0. The Bertz CT molecular complexity index is 598. The van der Waals surface area contributed by atoms with E-state index >= 15 is 0 Å². The minimum absolute atomic E-state index is 0.501. The van der Waals surface area contributed by atoms with E-state index in [0.717, 1.165) is 6.92 Å². The molecule has 0 heterocycles. The molecule has 0 rings (SSSR count). The van der Waals surface area contributed by atoms with Crippen LogP contribution in [0.15, 0.2) is 12.2 Å². The van der Waals surface area contributed by atoms with E-state index in [9.17, 15) is 28.8 Å². The van der Waals surface area contributed by atoms with E-state index < -0.39 is 67.2 Å². The number of rotatable bonds is 9. The predicted octanol–water partition coefficient (Wildman–Crippen LogP) is -0.875. The van der Waals surface area contributed by atoms with Gasteiger partial charge in [0.2, 0.25) is 6.10 Å². The van der Waals surface area contributed by atoms with Crippen LogP contribution in [0.25, 0.3) is 0 Å². The molecule has 0 amide bonds. The number of carboxylic acids is 6. The maximum Gasteiger partial charge on any atom is 0.345 e. The van der Waals surface area contributed by atoms with Crippen LogP contribution in [0.4, 0.5) is 0 Å². The van der Waals surface area contributed by atoms with Gasteiger partial charge in [-0.25, -0.2) is 14.4 Å². The van der Waals surface area contributed by atoms with Crippen molar-refractivity contribution in [2.75, 3.05) is 0 Å². The molecule has 0 fully saturated rings. The van der Waals surface area contributed by atoms with Gasteiger partial charge < -0.3 is 35.4 Å². The molecule has 1 atom stereocenters. The molecule has 0 aromatic heterocycles. The second-order valence-corrected chi connectivity index (χ2v) is 4.34. The van der Waals surface area contributed by atoms with Gasteiger partial charge in [-0.3, -0.25) is 19.2 Å². The van der Waals surface area contributed by atoms with Crippen molar-refractivity contribution in [2.45, 2.75) is 32.3 Å². The van der Waals surface area contributed by atoms with Gasteiger partial charge in [0, 0.05) is 19.1 Å². The third kappa shape index (κ3) is 30.0. The van der Waals surface area contributed by atoms with Gasteiger partial charge in [0.15, 0.2) is 0 Å². The van der Waals surface area contributed by atoms with Crippen LogP contribution in [0.1, 0.15) is 26.2 Å². The largest absolute Gasteiger partial charge is 0.481 e. The number of carboxylic acid groups (broad SMARTS) is 6. The highest BCUT2D eigenvalue weighted by Gasteiger charge is 2.25. The topological polar surface area (TPSA) is 250 Å². The van der Waals surface area contributed by atoms with Crippen LogP contribution in [0.3, 0.4) is 0 Å². The van der Waals surface area contributed by atoms with Crippen LogP contribution in [-0.2, 0) is 38.3 Å². The molecule has 0 spiro atoms. The highest BCUT2D eigenvalue weighted by molar-refractivity contribution is 5.89. The summed E-state index contributed by atoms with van der Waals surface area (Å²) in [4.78, 5) is 69.8. The van der Waals surface area contributed by atoms with Gasteiger partial charge in [0.1, 0.15) is 0 Å². The van der Waals surface area contributed by atoms with Crippen LogP contribution in [0, 0.1) is 0 Å². The highest BCUT2D eigenvalue weighted by Crippen LogP contribution is 2.03. The van der Waals surface area contributed by atoms with E-state index in [1.54, 1.807) is 0 Å². The van der Waals surface area contributed by atoms with Crippen molar-refractivity contribution in [1.82, 2.24) is 0 Å². The lowest BCUT2D eigenvalue weighted by Crippen LogP contribution is -2.29. The molecule has 0 aromatic rings. The maximum atomic E-state index is 10.9. The van der Waals surface area contributed by atoms with Crippen LogP contribution < -0.4 is 0 Å². The Morgan fingerprint density at radius 2 is 1.14 bits per heavy atom. The van der Waals surface area contributed by atoms with Crippen molar-refractivity contribution in [3.8, 4) is 0 Å². The molecule has 6 N–H and O–H groups in total. The monoisotopic (exact) mass is 410 g/mol. The molecule has 0 bridgehead atoms. The van der Waals surface area contributed by atoms with E-state index in [-0.39, 0.29) is 0 Å². The maximum absolute atomic E-state index is 10.9. The smallest absolute Gasteiger partial charge is 0.345 e. The predicted molar refractivity (Wildman–Crippen MR) is 84.4 cm³/mol. The molecule has 0 saturated heterocycles. The highest BCUT2D eigenvalue weighted by atomic mass is 16.6. The summed E-state index contributed by atoms with van der Waals surface area (Å²) >= 11 is 0. The summed E-state index contributed by atoms with van der Waals surface area (Å²) in [7, 11) is 0. The second kappa shape index (κ2) is 16.5. The van der Waals surface area contributed by atoms with Crippen LogP contribution >= 0.6 is 0 Å². The van der Waals surface area contributed by atoms with Crippen molar-refractivity contribution in [3.63, 3.8) is 0 Å². The average Bonchev–Trinajstić information content (AvgIpc) is 2.50. The van der Waals surface area contributed by atoms with Gasteiger partial charge in [-0.2, -0.15) is 0 Å². The molecule has 0 aliphatic heterocycles. The Morgan fingerprint density at radius 1 is 0.750 bits per heavy atom. The lowest BCUT2D eigenvalue weighted by atomic mass is 10.2. The van der Waals surface area contributed by atoms with E-state index in [4.69, 9.17) is 35.4 Å². The van der Waals surface area contributed by atoms with Crippen molar-refractivity contribution in [1.29, 1.82) is 0 Å². The number of hydrogen-bond acceptors (Lipinski definition) is 8. The fourth-order valence-electron chi connectivity index (χ4n) is 0.907.